The number of carbonyl (C=O) groups excluding carboxylic acids is 1. The third kappa shape index (κ3) is 3.28. The maximum Gasteiger partial charge on any atom is 0.357 e. The van der Waals surface area contributed by atoms with Gasteiger partial charge < -0.3 is 9.72 Å². The Bertz CT molecular complexity index is 1000. The minimum absolute atomic E-state index is 0.105. The summed E-state index contributed by atoms with van der Waals surface area (Å²) >= 11 is 1.37. The van der Waals surface area contributed by atoms with Crippen molar-refractivity contribution in [3.63, 3.8) is 0 Å². The Morgan fingerprint density at radius 3 is 2.88 bits per heavy atom. The number of esters is 1. The van der Waals surface area contributed by atoms with Crippen LogP contribution in [0.1, 0.15) is 21.9 Å². The average Bonchev–Trinajstić information content (AvgIpc) is 3.00. The van der Waals surface area contributed by atoms with Crippen molar-refractivity contribution >= 4 is 28.2 Å². The molecule has 0 aliphatic rings. The SMILES string of the molecule is Cc1nc(C(=O)OCCCn2c(=O)[nH]c3ccccc3c2=O)cs1. The van der Waals surface area contributed by atoms with Crippen molar-refractivity contribution in [2.45, 2.75) is 19.9 Å². The molecule has 2 heterocycles. The maximum atomic E-state index is 12.3. The number of nitrogens with one attached hydrogen (secondary N) is 1. The Kier molecular flexibility index (Phi) is 4.57. The highest BCUT2D eigenvalue weighted by atomic mass is 32.1. The quantitative estimate of drug-likeness (QED) is 0.561. The van der Waals surface area contributed by atoms with Crippen LogP contribution in [0, 0.1) is 6.92 Å². The van der Waals surface area contributed by atoms with E-state index >= 15 is 0 Å². The first kappa shape index (κ1) is 16.1. The second-order valence-corrected chi connectivity index (χ2v) is 6.24. The molecule has 7 nitrogen and oxygen atoms in total. The molecule has 24 heavy (non-hydrogen) atoms. The Morgan fingerprint density at radius 1 is 1.33 bits per heavy atom. The second kappa shape index (κ2) is 6.79. The Labute approximate surface area is 140 Å². The molecule has 0 aliphatic heterocycles. The zero-order valence-corrected chi connectivity index (χ0v) is 13.8. The van der Waals surface area contributed by atoms with Gasteiger partial charge >= 0.3 is 11.7 Å². The summed E-state index contributed by atoms with van der Waals surface area (Å²) in [7, 11) is 0. The van der Waals surface area contributed by atoms with Crippen LogP contribution < -0.4 is 11.2 Å². The van der Waals surface area contributed by atoms with Crippen LogP contribution in [-0.2, 0) is 11.3 Å². The van der Waals surface area contributed by atoms with Crippen LogP contribution in [0.3, 0.4) is 0 Å². The van der Waals surface area contributed by atoms with E-state index in [9.17, 15) is 14.4 Å². The van der Waals surface area contributed by atoms with Crippen LogP contribution in [0.2, 0.25) is 0 Å². The molecular weight excluding hydrogens is 330 g/mol. The standard InChI is InChI=1S/C16H15N3O4S/c1-10-17-13(9-24-10)15(21)23-8-4-7-19-14(20)11-5-2-3-6-12(11)18-16(19)22/h2-3,5-6,9H,4,7-8H2,1H3,(H,18,22). The average molecular weight is 345 g/mol. The minimum Gasteiger partial charge on any atom is -0.461 e. The topological polar surface area (TPSA) is 94.0 Å². The molecule has 0 aliphatic carbocycles. The van der Waals surface area contributed by atoms with Gasteiger partial charge in [0, 0.05) is 11.9 Å². The number of para-hydroxylation sites is 1. The number of hydrogen-bond donors (Lipinski definition) is 1. The molecular formula is C16H15N3O4S. The van der Waals surface area contributed by atoms with E-state index in [0.717, 1.165) is 9.57 Å². The summed E-state index contributed by atoms with van der Waals surface area (Å²) in [6.07, 6.45) is 0.357. The highest BCUT2D eigenvalue weighted by Gasteiger charge is 2.11. The summed E-state index contributed by atoms with van der Waals surface area (Å²) in [5.74, 6) is -0.501. The predicted molar refractivity (Wildman–Crippen MR) is 90.6 cm³/mol. The number of benzene rings is 1. The van der Waals surface area contributed by atoms with Gasteiger partial charge in [0.25, 0.3) is 5.56 Å². The molecule has 0 radical (unpaired) electrons. The number of hydrogen-bond acceptors (Lipinski definition) is 6. The second-order valence-electron chi connectivity index (χ2n) is 5.17. The summed E-state index contributed by atoms with van der Waals surface area (Å²) < 4.78 is 6.22. The predicted octanol–water partition coefficient (Wildman–Crippen LogP) is 1.70. The van der Waals surface area contributed by atoms with Crippen LogP contribution in [0.4, 0.5) is 0 Å². The molecule has 0 spiro atoms. The van der Waals surface area contributed by atoms with Gasteiger partial charge in [0.1, 0.15) is 0 Å². The van der Waals surface area contributed by atoms with E-state index in [2.05, 4.69) is 9.97 Å². The monoisotopic (exact) mass is 345 g/mol. The van der Waals surface area contributed by atoms with Gasteiger partial charge in [-0.3, -0.25) is 9.36 Å². The lowest BCUT2D eigenvalue weighted by molar-refractivity contribution is 0.0489. The molecule has 0 unspecified atom stereocenters. The molecule has 3 rings (SSSR count). The molecule has 8 heteroatoms. The number of aromatic amines is 1. The van der Waals surface area contributed by atoms with Gasteiger partial charge in [-0.15, -0.1) is 11.3 Å². The fourth-order valence-electron chi connectivity index (χ4n) is 2.32. The number of ether oxygens (including phenoxy) is 1. The van der Waals surface area contributed by atoms with E-state index in [-0.39, 0.29) is 24.4 Å². The number of carbonyl (C=O) groups is 1. The summed E-state index contributed by atoms with van der Waals surface area (Å²) in [5.41, 5.74) is -0.0387. The number of H-pyrrole nitrogens is 1. The van der Waals surface area contributed by atoms with Gasteiger partial charge in [-0.2, -0.15) is 0 Å². The fraction of sp³-hybridized carbons (Fsp3) is 0.250. The van der Waals surface area contributed by atoms with Crippen LogP contribution in [0.5, 0.6) is 0 Å². The van der Waals surface area contributed by atoms with Gasteiger partial charge in [-0.05, 0) is 25.5 Å². The molecule has 3 aromatic rings. The Balaban J connectivity index is 1.65. The van der Waals surface area contributed by atoms with E-state index in [4.69, 9.17) is 4.74 Å². The first-order valence-corrected chi connectivity index (χ1v) is 8.25. The number of aromatic nitrogens is 3. The van der Waals surface area contributed by atoms with Gasteiger partial charge in [-0.25, -0.2) is 14.6 Å². The molecule has 0 saturated carbocycles. The van der Waals surface area contributed by atoms with Crippen LogP contribution in [-0.4, -0.2) is 27.1 Å². The number of thiazole rings is 1. The van der Waals surface area contributed by atoms with Crippen molar-refractivity contribution in [3.8, 4) is 0 Å². The summed E-state index contributed by atoms with van der Waals surface area (Å²) in [4.78, 5) is 42.8. The fourth-order valence-corrected chi connectivity index (χ4v) is 2.90. The lowest BCUT2D eigenvalue weighted by Gasteiger charge is -2.06. The highest BCUT2D eigenvalue weighted by Crippen LogP contribution is 2.09. The number of rotatable bonds is 5. The molecule has 1 N–H and O–H groups in total. The number of nitrogens with zero attached hydrogens (tertiary/aromatic N) is 2. The number of fused-ring (bicyclic) bond motifs is 1. The molecule has 0 bridgehead atoms. The van der Waals surface area contributed by atoms with Crippen LogP contribution >= 0.6 is 11.3 Å². The largest absolute Gasteiger partial charge is 0.461 e. The van der Waals surface area contributed by atoms with Crippen molar-refractivity contribution in [2.75, 3.05) is 6.61 Å². The first-order chi connectivity index (χ1) is 11.6. The van der Waals surface area contributed by atoms with Crippen molar-refractivity contribution < 1.29 is 9.53 Å². The molecule has 2 aromatic heterocycles. The lowest BCUT2D eigenvalue weighted by Crippen LogP contribution is -2.35. The zero-order valence-electron chi connectivity index (χ0n) is 12.9. The minimum atomic E-state index is -0.501. The zero-order chi connectivity index (χ0) is 17.1. The summed E-state index contributed by atoms with van der Waals surface area (Å²) in [6, 6.07) is 6.83. The third-order valence-corrected chi connectivity index (χ3v) is 4.25. The number of aryl methyl sites for hydroxylation is 1. The Hall–Kier alpha value is -2.74. The third-order valence-electron chi connectivity index (χ3n) is 3.48. The van der Waals surface area contributed by atoms with Gasteiger partial charge in [0.05, 0.1) is 22.5 Å². The van der Waals surface area contributed by atoms with Crippen LogP contribution in [0.25, 0.3) is 10.9 Å². The highest BCUT2D eigenvalue weighted by molar-refractivity contribution is 7.09. The van der Waals surface area contributed by atoms with E-state index in [1.165, 1.54) is 11.3 Å². The van der Waals surface area contributed by atoms with Crippen LogP contribution in [0.15, 0.2) is 39.2 Å². The van der Waals surface area contributed by atoms with E-state index in [0.29, 0.717) is 17.3 Å². The van der Waals surface area contributed by atoms with Crippen molar-refractivity contribution in [1.82, 2.24) is 14.5 Å². The smallest absolute Gasteiger partial charge is 0.357 e. The van der Waals surface area contributed by atoms with Crippen molar-refractivity contribution in [1.29, 1.82) is 0 Å². The van der Waals surface area contributed by atoms with Gasteiger partial charge in [0.2, 0.25) is 0 Å². The van der Waals surface area contributed by atoms with Crippen molar-refractivity contribution in [2.24, 2.45) is 0 Å². The molecule has 0 amide bonds. The normalized spacial score (nSPS) is 10.9. The maximum absolute atomic E-state index is 12.3. The molecule has 0 saturated heterocycles. The van der Waals surface area contributed by atoms with Gasteiger partial charge in [0.15, 0.2) is 5.69 Å². The molecule has 124 valence electrons. The van der Waals surface area contributed by atoms with E-state index < -0.39 is 11.7 Å². The van der Waals surface area contributed by atoms with E-state index in [1.54, 1.807) is 36.6 Å². The molecule has 0 atom stereocenters. The summed E-state index contributed by atoms with van der Waals surface area (Å²) in [5, 5.41) is 2.87. The lowest BCUT2D eigenvalue weighted by atomic mass is 10.2. The Morgan fingerprint density at radius 2 is 2.12 bits per heavy atom. The first-order valence-electron chi connectivity index (χ1n) is 7.37. The molecule has 1 aromatic carbocycles. The van der Waals surface area contributed by atoms with Gasteiger partial charge in [-0.1, -0.05) is 12.1 Å². The van der Waals surface area contributed by atoms with Crippen molar-refractivity contribution in [3.05, 3.63) is 61.2 Å². The molecule has 0 fully saturated rings. The summed E-state index contributed by atoms with van der Waals surface area (Å²) in [6.45, 7) is 2.08. The van der Waals surface area contributed by atoms with E-state index in [1.807, 2.05) is 0 Å².